The second-order valence-electron chi connectivity index (χ2n) is 7.47. The van der Waals surface area contributed by atoms with Gasteiger partial charge in [0.1, 0.15) is 5.75 Å². The summed E-state index contributed by atoms with van der Waals surface area (Å²) in [4.78, 5) is 27.9. The van der Waals surface area contributed by atoms with E-state index < -0.39 is 0 Å². The normalized spacial score (nSPS) is 20.5. The Hall–Kier alpha value is -2.28. The smallest absolute Gasteiger partial charge is 0.409 e. The highest BCUT2D eigenvalue weighted by Gasteiger charge is 2.32. The molecule has 2 aliphatic rings. The summed E-state index contributed by atoms with van der Waals surface area (Å²) in [5.41, 5.74) is 1.20. The minimum absolute atomic E-state index is 0.197. The van der Waals surface area contributed by atoms with Crippen molar-refractivity contribution in [3.8, 4) is 5.75 Å². The van der Waals surface area contributed by atoms with Gasteiger partial charge < -0.3 is 24.6 Å². The molecule has 7 nitrogen and oxygen atoms in total. The maximum absolute atomic E-state index is 12.4. The highest BCUT2D eigenvalue weighted by atomic mass is 16.6. The Morgan fingerprint density at radius 3 is 2.54 bits per heavy atom. The molecule has 154 valence electrons. The van der Waals surface area contributed by atoms with Crippen LogP contribution in [0.1, 0.15) is 31.7 Å². The molecule has 2 heterocycles. The molecule has 2 fully saturated rings. The number of hydrogen-bond acceptors (Lipinski definition) is 5. The second kappa shape index (κ2) is 9.78. The third kappa shape index (κ3) is 5.38. The van der Waals surface area contributed by atoms with Crippen LogP contribution in [0.25, 0.3) is 0 Å². The lowest BCUT2D eigenvalue weighted by Gasteiger charge is -2.33. The lowest BCUT2D eigenvalue weighted by atomic mass is 10.0. The van der Waals surface area contributed by atoms with E-state index in [1.807, 2.05) is 36.1 Å². The van der Waals surface area contributed by atoms with E-state index >= 15 is 0 Å². The zero-order valence-corrected chi connectivity index (χ0v) is 16.9. The predicted molar refractivity (Wildman–Crippen MR) is 106 cm³/mol. The average Bonchev–Trinajstić information content (AvgIpc) is 3.06. The average molecular weight is 389 g/mol. The van der Waals surface area contributed by atoms with Crippen molar-refractivity contribution in [2.45, 2.75) is 44.7 Å². The van der Waals surface area contributed by atoms with Gasteiger partial charge in [-0.25, -0.2) is 4.79 Å². The van der Waals surface area contributed by atoms with Gasteiger partial charge in [-0.1, -0.05) is 12.1 Å². The fraction of sp³-hybridized carbons (Fsp3) is 0.619. The Balaban J connectivity index is 1.40. The summed E-state index contributed by atoms with van der Waals surface area (Å²) in [7, 11) is 1.66. The van der Waals surface area contributed by atoms with Gasteiger partial charge in [0, 0.05) is 44.7 Å². The van der Waals surface area contributed by atoms with Crippen molar-refractivity contribution >= 4 is 12.0 Å². The van der Waals surface area contributed by atoms with Crippen molar-refractivity contribution in [3.05, 3.63) is 29.8 Å². The standard InChI is InChI=1S/C21H31N3O4/c1-3-28-21(26)23-12-9-17(10-13-23)22-18-14-20(25)24(15-18)11-8-16-4-6-19(27-2)7-5-16/h4-7,17-18,22H,3,8-15H2,1-2H3. The van der Waals surface area contributed by atoms with E-state index in [4.69, 9.17) is 9.47 Å². The maximum Gasteiger partial charge on any atom is 0.409 e. The van der Waals surface area contributed by atoms with Crippen molar-refractivity contribution in [3.63, 3.8) is 0 Å². The molecule has 2 aliphatic heterocycles. The number of ether oxygens (including phenoxy) is 2. The molecule has 0 saturated carbocycles. The van der Waals surface area contributed by atoms with Gasteiger partial charge >= 0.3 is 6.09 Å². The zero-order valence-electron chi connectivity index (χ0n) is 16.9. The van der Waals surface area contributed by atoms with E-state index in [1.165, 1.54) is 5.56 Å². The number of carbonyl (C=O) groups excluding carboxylic acids is 2. The van der Waals surface area contributed by atoms with Crippen LogP contribution in [0.4, 0.5) is 4.79 Å². The summed E-state index contributed by atoms with van der Waals surface area (Å²) in [5, 5.41) is 3.63. The third-order valence-electron chi connectivity index (χ3n) is 5.54. The molecule has 1 aromatic rings. The van der Waals surface area contributed by atoms with E-state index in [0.717, 1.165) is 38.1 Å². The Kier molecular flexibility index (Phi) is 7.14. The number of amides is 2. The molecule has 0 spiro atoms. The molecule has 3 rings (SSSR count). The number of nitrogens with zero attached hydrogens (tertiary/aromatic N) is 2. The van der Waals surface area contributed by atoms with Crippen molar-refractivity contribution < 1.29 is 19.1 Å². The van der Waals surface area contributed by atoms with Crippen LogP contribution < -0.4 is 10.1 Å². The molecule has 2 amide bonds. The predicted octanol–water partition coefficient (Wildman–Crippen LogP) is 2.05. The van der Waals surface area contributed by atoms with Gasteiger partial charge in [0.25, 0.3) is 0 Å². The molecule has 0 aromatic heterocycles. The number of piperidine rings is 1. The largest absolute Gasteiger partial charge is 0.497 e. The molecule has 2 saturated heterocycles. The fourth-order valence-electron chi connectivity index (χ4n) is 3.93. The highest BCUT2D eigenvalue weighted by molar-refractivity contribution is 5.79. The van der Waals surface area contributed by atoms with Gasteiger partial charge in [0.05, 0.1) is 13.7 Å². The van der Waals surface area contributed by atoms with E-state index in [1.54, 1.807) is 12.0 Å². The molecule has 0 bridgehead atoms. The molecular weight excluding hydrogens is 358 g/mol. The summed E-state index contributed by atoms with van der Waals surface area (Å²) < 4.78 is 10.2. The van der Waals surface area contributed by atoms with Gasteiger partial charge in [-0.15, -0.1) is 0 Å². The van der Waals surface area contributed by atoms with Crippen LogP contribution in [0.2, 0.25) is 0 Å². The highest BCUT2D eigenvalue weighted by Crippen LogP contribution is 2.18. The minimum atomic E-state index is -0.221. The summed E-state index contributed by atoms with van der Waals surface area (Å²) in [5.74, 6) is 1.06. The number of carbonyl (C=O) groups is 2. The van der Waals surface area contributed by atoms with Crippen molar-refractivity contribution in [1.82, 2.24) is 15.1 Å². The van der Waals surface area contributed by atoms with Crippen LogP contribution in [0.3, 0.4) is 0 Å². The zero-order chi connectivity index (χ0) is 19.9. The first kappa shape index (κ1) is 20.5. The second-order valence-corrected chi connectivity index (χ2v) is 7.47. The number of benzene rings is 1. The number of methoxy groups -OCH3 is 1. The molecule has 7 heteroatoms. The van der Waals surface area contributed by atoms with E-state index in [-0.39, 0.29) is 18.0 Å². The van der Waals surface area contributed by atoms with Crippen LogP contribution in [0.15, 0.2) is 24.3 Å². The van der Waals surface area contributed by atoms with Gasteiger partial charge in [-0.2, -0.15) is 0 Å². The van der Waals surface area contributed by atoms with E-state index in [0.29, 0.717) is 32.2 Å². The van der Waals surface area contributed by atoms with Crippen molar-refractivity contribution in [1.29, 1.82) is 0 Å². The van der Waals surface area contributed by atoms with Crippen LogP contribution in [-0.2, 0) is 16.0 Å². The molecule has 28 heavy (non-hydrogen) atoms. The van der Waals surface area contributed by atoms with Crippen LogP contribution in [0.5, 0.6) is 5.75 Å². The summed E-state index contributed by atoms with van der Waals surface area (Å²) in [6, 6.07) is 8.55. The first-order valence-corrected chi connectivity index (χ1v) is 10.2. The quantitative estimate of drug-likeness (QED) is 0.773. The summed E-state index contributed by atoms with van der Waals surface area (Å²) >= 11 is 0. The first-order chi connectivity index (χ1) is 13.6. The van der Waals surface area contributed by atoms with Gasteiger partial charge in [0.15, 0.2) is 0 Å². The Morgan fingerprint density at radius 1 is 1.18 bits per heavy atom. The van der Waals surface area contributed by atoms with Crippen molar-refractivity contribution in [2.24, 2.45) is 0 Å². The summed E-state index contributed by atoms with van der Waals surface area (Å²) in [6.45, 7) is 5.14. The van der Waals surface area contributed by atoms with Gasteiger partial charge in [0.2, 0.25) is 5.91 Å². The van der Waals surface area contributed by atoms with Crippen LogP contribution in [-0.4, -0.2) is 73.8 Å². The lowest BCUT2D eigenvalue weighted by Crippen LogP contribution is -2.48. The minimum Gasteiger partial charge on any atom is -0.497 e. The Morgan fingerprint density at radius 2 is 1.89 bits per heavy atom. The van der Waals surface area contributed by atoms with Crippen LogP contribution >= 0.6 is 0 Å². The molecule has 1 unspecified atom stereocenters. The number of nitrogens with one attached hydrogen (secondary N) is 1. The summed E-state index contributed by atoms with van der Waals surface area (Å²) in [6.07, 6.45) is 2.98. The fourth-order valence-corrected chi connectivity index (χ4v) is 3.93. The SMILES string of the molecule is CCOC(=O)N1CCC(NC2CC(=O)N(CCc3ccc(OC)cc3)C2)CC1. The Bertz CT molecular complexity index is 656. The molecular formula is C21H31N3O4. The molecule has 1 N–H and O–H groups in total. The number of rotatable bonds is 7. The first-order valence-electron chi connectivity index (χ1n) is 10.2. The van der Waals surface area contributed by atoms with Gasteiger partial charge in [-0.3, -0.25) is 4.79 Å². The Labute approximate surface area is 167 Å². The lowest BCUT2D eigenvalue weighted by molar-refractivity contribution is -0.127. The number of likely N-dealkylation sites (tertiary alicyclic amines) is 2. The van der Waals surface area contributed by atoms with Crippen LogP contribution in [0, 0.1) is 0 Å². The van der Waals surface area contributed by atoms with Gasteiger partial charge in [-0.05, 0) is 43.9 Å². The van der Waals surface area contributed by atoms with E-state index in [9.17, 15) is 9.59 Å². The van der Waals surface area contributed by atoms with Crippen molar-refractivity contribution in [2.75, 3.05) is 39.9 Å². The third-order valence-corrected chi connectivity index (χ3v) is 5.54. The maximum atomic E-state index is 12.4. The molecule has 0 aliphatic carbocycles. The van der Waals surface area contributed by atoms with E-state index in [2.05, 4.69) is 5.32 Å². The topological polar surface area (TPSA) is 71.1 Å². The molecule has 1 atom stereocenters. The molecule has 0 radical (unpaired) electrons. The molecule has 1 aromatic carbocycles. The monoisotopic (exact) mass is 389 g/mol. The number of hydrogen-bond donors (Lipinski definition) is 1.